The van der Waals surface area contributed by atoms with Crippen LogP contribution in [0.25, 0.3) is 0 Å². The van der Waals surface area contributed by atoms with Crippen LogP contribution in [-0.4, -0.2) is 41.4 Å². The Balaban J connectivity index is 1.85. The Labute approximate surface area is 132 Å². The molecule has 0 saturated heterocycles. The number of hydrogen-bond acceptors (Lipinski definition) is 5. The number of hydrogen-bond donors (Lipinski definition) is 2. The smallest absolute Gasteiger partial charge is 0.261 e. The van der Waals surface area contributed by atoms with Gasteiger partial charge in [0.05, 0.1) is 18.0 Å². The SMILES string of the molecule is COCCn1ccc(NC(=O)[C@@H](C)NC(=O)c2cccs2)n1. The van der Waals surface area contributed by atoms with E-state index in [0.29, 0.717) is 23.8 Å². The van der Waals surface area contributed by atoms with Gasteiger partial charge in [0.25, 0.3) is 5.91 Å². The molecule has 0 aliphatic rings. The number of nitrogens with one attached hydrogen (secondary N) is 2. The van der Waals surface area contributed by atoms with Crippen molar-refractivity contribution in [2.24, 2.45) is 0 Å². The molecule has 0 bridgehead atoms. The van der Waals surface area contributed by atoms with Crippen molar-refractivity contribution in [2.75, 3.05) is 19.0 Å². The maximum atomic E-state index is 12.0. The van der Waals surface area contributed by atoms with Gasteiger partial charge in [-0.2, -0.15) is 5.10 Å². The van der Waals surface area contributed by atoms with E-state index in [2.05, 4.69) is 15.7 Å². The van der Waals surface area contributed by atoms with Gasteiger partial charge in [0.2, 0.25) is 5.91 Å². The highest BCUT2D eigenvalue weighted by molar-refractivity contribution is 7.12. The Morgan fingerprint density at radius 1 is 1.45 bits per heavy atom. The molecule has 2 heterocycles. The van der Waals surface area contributed by atoms with Crippen LogP contribution in [0.2, 0.25) is 0 Å². The van der Waals surface area contributed by atoms with Gasteiger partial charge < -0.3 is 15.4 Å². The fourth-order valence-electron chi connectivity index (χ4n) is 1.71. The molecule has 0 aliphatic carbocycles. The van der Waals surface area contributed by atoms with Gasteiger partial charge in [-0.25, -0.2) is 0 Å². The highest BCUT2D eigenvalue weighted by atomic mass is 32.1. The minimum Gasteiger partial charge on any atom is -0.383 e. The molecule has 0 spiro atoms. The lowest BCUT2D eigenvalue weighted by Gasteiger charge is -2.12. The van der Waals surface area contributed by atoms with Crippen molar-refractivity contribution in [3.8, 4) is 0 Å². The first-order valence-electron chi connectivity index (χ1n) is 6.78. The van der Waals surface area contributed by atoms with E-state index >= 15 is 0 Å². The largest absolute Gasteiger partial charge is 0.383 e. The molecule has 0 radical (unpaired) electrons. The molecule has 7 nitrogen and oxygen atoms in total. The van der Waals surface area contributed by atoms with Gasteiger partial charge in [0.15, 0.2) is 5.82 Å². The Morgan fingerprint density at radius 3 is 2.95 bits per heavy atom. The molecule has 2 aromatic rings. The first-order valence-corrected chi connectivity index (χ1v) is 7.65. The average molecular weight is 322 g/mol. The van der Waals surface area contributed by atoms with E-state index in [0.717, 1.165) is 0 Å². The van der Waals surface area contributed by atoms with Gasteiger partial charge in [0.1, 0.15) is 6.04 Å². The maximum absolute atomic E-state index is 12.0. The Hall–Kier alpha value is -2.19. The number of nitrogens with zero attached hydrogens (tertiary/aromatic N) is 2. The number of ether oxygens (including phenoxy) is 1. The van der Waals surface area contributed by atoms with E-state index in [-0.39, 0.29) is 11.8 Å². The maximum Gasteiger partial charge on any atom is 0.261 e. The zero-order chi connectivity index (χ0) is 15.9. The summed E-state index contributed by atoms with van der Waals surface area (Å²) in [6.45, 7) is 2.78. The highest BCUT2D eigenvalue weighted by Gasteiger charge is 2.17. The standard InChI is InChI=1S/C14H18N4O3S/c1-10(15-14(20)11-4-3-9-22-11)13(19)16-12-5-6-18(17-12)7-8-21-2/h3-6,9-10H,7-8H2,1-2H3,(H,15,20)(H,16,17,19)/t10-/m1/s1. The first kappa shape index (κ1) is 16.2. The summed E-state index contributed by atoms with van der Waals surface area (Å²) in [7, 11) is 1.62. The van der Waals surface area contributed by atoms with Gasteiger partial charge in [-0.05, 0) is 18.4 Å². The fourth-order valence-corrected chi connectivity index (χ4v) is 2.34. The van der Waals surface area contributed by atoms with Gasteiger partial charge in [-0.15, -0.1) is 11.3 Å². The van der Waals surface area contributed by atoms with Crippen LogP contribution >= 0.6 is 11.3 Å². The van der Waals surface area contributed by atoms with Crippen LogP contribution in [-0.2, 0) is 16.1 Å². The van der Waals surface area contributed by atoms with Crippen molar-refractivity contribution in [2.45, 2.75) is 19.5 Å². The topological polar surface area (TPSA) is 85.2 Å². The summed E-state index contributed by atoms with van der Waals surface area (Å²) in [5.74, 6) is -0.136. The van der Waals surface area contributed by atoms with Crippen molar-refractivity contribution in [3.63, 3.8) is 0 Å². The summed E-state index contributed by atoms with van der Waals surface area (Å²) in [5.41, 5.74) is 0. The van der Waals surface area contributed by atoms with E-state index < -0.39 is 6.04 Å². The summed E-state index contributed by atoms with van der Waals surface area (Å²) in [4.78, 5) is 24.5. The normalized spacial score (nSPS) is 11.9. The molecule has 0 unspecified atom stereocenters. The molecular weight excluding hydrogens is 304 g/mol. The molecule has 2 amide bonds. The molecular formula is C14H18N4O3S. The van der Waals surface area contributed by atoms with Gasteiger partial charge >= 0.3 is 0 Å². The molecule has 22 heavy (non-hydrogen) atoms. The number of methoxy groups -OCH3 is 1. The third-order valence-corrected chi connectivity index (χ3v) is 3.77. The number of carbonyl (C=O) groups is 2. The van der Waals surface area contributed by atoms with Crippen LogP contribution in [0.4, 0.5) is 5.82 Å². The minimum absolute atomic E-state index is 0.261. The Kier molecular flexibility index (Phi) is 5.68. The number of thiophene rings is 1. The highest BCUT2D eigenvalue weighted by Crippen LogP contribution is 2.08. The third-order valence-electron chi connectivity index (χ3n) is 2.90. The van der Waals surface area contributed by atoms with Crippen LogP contribution < -0.4 is 10.6 Å². The average Bonchev–Trinajstić information content (AvgIpc) is 3.16. The van der Waals surface area contributed by atoms with Crippen LogP contribution in [0.5, 0.6) is 0 Å². The molecule has 1 atom stereocenters. The second-order valence-corrected chi connectivity index (χ2v) is 5.57. The molecule has 2 N–H and O–H groups in total. The van der Waals surface area contributed by atoms with Crippen LogP contribution in [0.15, 0.2) is 29.8 Å². The molecule has 0 saturated carbocycles. The molecule has 2 aromatic heterocycles. The number of anilines is 1. The summed E-state index contributed by atoms with van der Waals surface area (Å²) >= 11 is 1.33. The monoisotopic (exact) mass is 322 g/mol. The molecule has 0 aromatic carbocycles. The van der Waals surface area contributed by atoms with Crippen molar-refractivity contribution in [1.82, 2.24) is 15.1 Å². The van der Waals surface area contributed by atoms with Crippen molar-refractivity contribution >= 4 is 29.0 Å². The molecule has 2 rings (SSSR count). The zero-order valence-electron chi connectivity index (χ0n) is 12.4. The van der Waals surface area contributed by atoms with E-state index in [4.69, 9.17) is 4.74 Å². The van der Waals surface area contributed by atoms with Crippen LogP contribution in [0.1, 0.15) is 16.6 Å². The predicted octanol–water partition coefficient (Wildman–Crippen LogP) is 1.35. The van der Waals surface area contributed by atoms with Gasteiger partial charge in [-0.1, -0.05) is 6.07 Å². The summed E-state index contributed by atoms with van der Waals surface area (Å²) in [6, 6.07) is 4.54. The molecule has 0 fully saturated rings. The molecule has 118 valence electrons. The lowest BCUT2D eigenvalue weighted by Crippen LogP contribution is -2.41. The first-order chi connectivity index (χ1) is 10.6. The Morgan fingerprint density at radius 2 is 2.27 bits per heavy atom. The van der Waals surface area contributed by atoms with Crippen molar-refractivity contribution in [3.05, 3.63) is 34.7 Å². The fraction of sp³-hybridized carbons (Fsp3) is 0.357. The zero-order valence-corrected chi connectivity index (χ0v) is 13.2. The number of carbonyl (C=O) groups excluding carboxylic acids is 2. The summed E-state index contributed by atoms with van der Waals surface area (Å²) in [5, 5.41) is 11.3. The van der Waals surface area contributed by atoms with E-state index in [1.165, 1.54) is 11.3 Å². The van der Waals surface area contributed by atoms with E-state index in [9.17, 15) is 9.59 Å². The summed E-state index contributed by atoms with van der Waals surface area (Å²) < 4.78 is 6.63. The second-order valence-electron chi connectivity index (χ2n) is 4.62. The predicted molar refractivity (Wildman–Crippen MR) is 84.0 cm³/mol. The molecule has 0 aliphatic heterocycles. The van der Waals surface area contributed by atoms with Crippen molar-refractivity contribution in [1.29, 1.82) is 0 Å². The number of aromatic nitrogens is 2. The minimum atomic E-state index is -0.654. The lowest BCUT2D eigenvalue weighted by atomic mass is 10.3. The molecule has 8 heteroatoms. The third kappa shape index (κ3) is 4.40. The summed E-state index contributed by atoms with van der Waals surface area (Å²) in [6.07, 6.45) is 1.75. The van der Waals surface area contributed by atoms with Gasteiger partial charge in [-0.3, -0.25) is 14.3 Å². The van der Waals surface area contributed by atoms with E-state index in [1.807, 2.05) is 5.38 Å². The van der Waals surface area contributed by atoms with Crippen LogP contribution in [0, 0.1) is 0 Å². The number of amides is 2. The lowest BCUT2D eigenvalue weighted by molar-refractivity contribution is -0.117. The van der Waals surface area contributed by atoms with E-state index in [1.54, 1.807) is 43.1 Å². The quantitative estimate of drug-likeness (QED) is 0.806. The Bertz CT molecular complexity index is 624. The van der Waals surface area contributed by atoms with Gasteiger partial charge in [0, 0.05) is 19.4 Å². The van der Waals surface area contributed by atoms with Crippen LogP contribution in [0.3, 0.4) is 0 Å². The second kappa shape index (κ2) is 7.71. The van der Waals surface area contributed by atoms with Crippen molar-refractivity contribution < 1.29 is 14.3 Å². The number of rotatable bonds is 7.